The average molecular weight is 381 g/mol. The van der Waals surface area contributed by atoms with Gasteiger partial charge in [0, 0.05) is 43.3 Å². The van der Waals surface area contributed by atoms with Crippen LogP contribution < -0.4 is 10.6 Å². The van der Waals surface area contributed by atoms with Crippen molar-refractivity contribution in [3.05, 3.63) is 34.3 Å². The summed E-state index contributed by atoms with van der Waals surface area (Å²) < 4.78 is 0.903. The van der Waals surface area contributed by atoms with Crippen LogP contribution in [-0.2, 0) is 0 Å². The molecule has 0 saturated carbocycles. The molecular weight excluding hydrogens is 356 g/mol. The minimum absolute atomic E-state index is 0.0645. The van der Waals surface area contributed by atoms with E-state index < -0.39 is 0 Å². The summed E-state index contributed by atoms with van der Waals surface area (Å²) in [5.74, 6) is 0.845. The third-order valence-electron chi connectivity index (χ3n) is 3.97. The van der Waals surface area contributed by atoms with E-state index in [2.05, 4.69) is 50.3 Å². The highest BCUT2D eigenvalue weighted by atomic mass is 79.9. The van der Waals surface area contributed by atoms with E-state index in [4.69, 9.17) is 0 Å². The van der Waals surface area contributed by atoms with E-state index in [0.717, 1.165) is 23.5 Å². The van der Waals surface area contributed by atoms with Crippen LogP contribution in [-0.4, -0.2) is 50.0 Å². The number of amides is 1. The van der Waals surface area contributed by atoms with Crippen LogP contribution in [0.15, 0.2) is 33.7 Å². The van der Waals surface area contributed by atoms with Crippen molar-refractivity contribution in [3.63, 3.8) is 0 Å². The predicted molar refractivity (Wildman–Crippen MR) is 97.8 cm³/mol. The lowest BCUT2D eigenvalue weighted by Crippen LogP contribution is -2.43. The van der Waals surface area contributed by atoms with Gasteiger partial charge in [-0.25, -0.2) is 0 Å². The van der Waals surface area contributed by atoms with Gasteiger partial charge in [0.05, 0.1) is 0 Å². The lowest BCUT2D eigenvalue weighted by atomic mass is 9.93. The minimum atomic E-state index is -0.0645. The molecule has 2 rings (SSSR count). The fraction of sp³-hybridized carbons (Fsp3) is 0.529. The maximum Gasteiger partial charge on any atom is 0.251 e. The Hall–Kier alpha value is -1.56. The summed E-state index contributed by atoms with van der Waals surface area (Å²) in [5, 5.41) is 6.24. The molecule has 1 amide bonds. The van der Waals surface area contributed by atoms with Gasteiger partial charge in [-0.15, -0.1) is 0 Å². The lowest BCUT2D eigenvalue weighted by molar-refractivity contribution is 0.0954. The maximum atomic E-state index is 12.1. The smallest absolute Gasteiger partial charge is 0.251 e. The molecular formula is C17H25BrN4O. The number of halogens is 1. The number of rotatable bonds is 4. The van der Waals surface area contributed by atoms with Crippen LogP contribution in [0.5, 0.6) is 0 Å². The number of hydrogen-bond donors (Lipinski definition) is 2. The molecule has 1 saturated heterocycles. The van der Waals surface area contributed by atoms with Crippen LogP contribution in [0.4, 0.5) is 0 Å². The maximum absolute atomic E-state index is 12.1. The summed E-state index contributed by atoms with van der Waals surface area (Å²) in [6.45, 7) is 7.80. The Morgan fingerprint density at radius 3 is 2.70 bits per heavy atom. The molecule has 1 aliphatic rings. The summed E-state index contributed by atoms with van der Waals surface area (Å²) in [7, 11) is 1.80. The Balaban J connectivity index is 1.75. The van der Waals surface area contributed by atoms with Gasteiger partial charge < -0.3 is 15.5 Å². The summed E-state index contributed by atoms with van der Waals surface area (Å²) in [6.07, 6.45) is 1.17. The van der Waals surface area contributed by atoms with E-state index in [-0.39, 0.29) is 5.91 Å². The van der Waals surface area contributed by atoms with Gasteiger partial charge in [0.25, 0.3) is 5.91 Å². The number of guanidine groups is 1. The van der Waals surface area contributed by atoms with Crippen LogP contribution >= 0.6 is 15.9 Å². The number of hydrogen-bond acceptors (Lipinski definition) is 2. The molecule has 1 aliphatic heterocycles. The van der Waals surface area contributed by atoms with E-state index in [0.29, 0.717) is 24.1 Å². The molecule has 0 spiro atoms. The fourth-order valence-corrected chi connectivity index (χ4v) is 3.11. The summed E-state index contributed by atoms with van der Waals surface area (Å²) >= 11 is 3.37. The molecule has 0 bridgehead atoms. The Kier molecular flexibility index (Phi) is 6.04. The van der Waals surface area contributed by atoms with Crippen molar-refractivity contribution in [2.75, 3.05) is 33.2 Å². The zero-order chi connectivity index (χ0) is 16.9. The second kappa shape index (κ2) is 7.81. The Morgan fingerprint density at radius 1 is 1.35 bits per heavy atom. The summed E-state index contributed by atoms with van der Waals surface area (Å²) in [5.41, 5.74) is 0.997. The number of nitrogens with zero attached hydrogens (tertiary/aromatic N) is 2. The van der Waals surface area contributed by atoms with Crippen LogP contribution in [0.25, 0.3) is 0 Å². The zero-order valence-electron chi connectivity index (χ0n) is 14.0. The Morgan fingerprint density at radius 2 is 2.09 bits per heavy atom. The molecule has 1 fully saturated rings. The van der Waals surface area contributed by atoms with E-state index in [9.17, 15) is 4.79 Å². The van der Waals surface area contributed by atoms with Gasteiger partial charge in [0.2, 0.25) is 0 Å². The molecule has 5 nitrogen and oxygen atoms in total. The van der Waals surface area contributed by atoms with Gasteiger partial charge in [-0.1, -0.05) is 35.8 Å². The van der Waals surface area contributed by atoms with E-state index >= 15 is 0 Å². The van der Waals surface area contributed by atoms with Gasteiger partial charge in [-0.2, -0.15) is 0 Å². The van der Waals surface area contributed by atoms with Crippen LogP contribution in [0, 0.1) is 5.41 Å². The standard InChI is InChI=1S/C17H25BrN4O/c1-17(2)7-10-22(12-17)16(19-3)21-9-8-20-15(23)13-5-4-6-14(18)11-13/h4-6,11H,7-10,12H2,1-3H3,(H,19,21)(H,20,23). The van der Waals surface area contributed by atoms with Crippen molar-refractivity contribution < 1.29 is 4.79 Å². The van der Waals surface area contributed by atoms with Gasteiger partial charge in [0.1, 0.15) is 0 Å². The van der Waals surface area contributed by atoms with Crippen molar-refractivity contribution in [1.29, 1.82) is 0 Å². The van der Waals surface area contributed by atoms with Gasteiger partial charge >= 0.3 is 0 Å². The van der Waals surface area contributed by atoms with E-state index in [1.54, 1.807) is 13.1 Å². The monoisotopic (exact) mass is 380 g/mol. The van der Waals surface area contributed by atoms with Crippen molar-refractivity contribution in [1.82, 2.24) is 15.5 Å². The number of benzene rings is 1. The first-order valence-corrected chi connectivity index (χ1v) is 8.70. The van der Waals surface area contributed by atoms with Gasteiger partial charge in [-0.3, -0.25) is 9.79 Å². The van der Waals surface area contributed by atoms with Gasteiger partial charge in [-0.05, 0) is 30.0 Å². The molecule has 1 aromatic rings. The first-order valence-electron chi connectivity index (χ1n) is 7.91. The molecule has 1 aromatic carbocycles. The molecule has 2 N–H and O–H groups in total. The third-order valence-corrected chi connectivity index (χ3v) is 4.46. The van der Waals surface area contributed by atoms with E-state index in [1.807, 2.05) is 18.2 Å². The third kappa shape index (κ3) is 5.23. The zero-order valence-corrected chi connectivity index (χ0v) is 15.6. The molecule has 0 radical (unpaired) electrons. The lowest BCUT2D eigenvalue weighted by Gasteiger charge is -2.23. The highest BCUT2D eigenvalue weighted by Gasteiger charge is 2.30. The Bertz CT molecular complexity index is 586. The van der Waals surface area contributed by atoms with Crippen molar-refractivity contribution in [2.24, 2.45) is 10.4 Å². The van der Waals surface area contributed by atoms with Crippen LogP contribution in [0.3, 0.4) is 0 Å². The first kappa shape index (κ1) is 17.8. The molecule has 23 heavy (non-hydrogen) atoms. The van der Waals surface area contributed by atoms with Gasteiger partial charge in [0.15, 0.2) is 5.96 Å². The first-order chi connectivity index (χ1) is 10.9. The molecule has 126 valence electrons. The average Bonchev–Trinajstić information content (AvgIpc) is 2.87. The highest BCUT2D eigenvalue weighted by molar-refractivity contribution is 9.10. The molecule has 1 heterocycles. The second-order valence-corrected chi connectivity index (χ2v) is 7.49. The normalized spacial score (nSPS) is 17.2. The number of nitrogens with one attached hydrogen (secondary N) is 2. The summed E-state index contributed by atoms with van der Waals surface area (Å²) in [6, 6.07) is 7.38. The molecule has 0 aliphatic carbocycles. The fourth-order valence-electron chi connectivity index (χ4n) is 2.71. The quantitative estimate of drug-likeness (QED) is 0.479. The van der Waals surface area contributed by atoms with Crippen LogP contribution in [0.1, 0.15) is 30.6 Å². The van der Waals surface area contributed by atoms with Crippen molar-refractivity contribution in [2.45, 2.75) is 20.3 Å². The summed E-state index contributed by atoms with van der Waals surface area (Å²) in [4.78, 5) is 18.7. The minimum Gasteiger partial charge on any atom is -0.354 e. The highest BCUT2D eigenvalue weighted by Crippen LogP contribution is 2.28. The van der Waals surface area contributed by atoms with Crippen molar-refractivity contribution >= 4 is 27.8 Å². The van der Waals surface area contributed by atoms with Crippen molar-refractivity contribution in [3.8, 4) is 0 Å². The molecule has 0 atom stereocenters. The van der Waals surface area contributed by atoms with E-state index in [1.165, 1.54) is 6.42 Å². The molecule has 0 unspecified atom stereocenters. The van der Waals surface area contributed by atoms with Crippen LogP contribution in [0.2, 0.25) is 0 Å². The number of aliphatic imine (C=N–C) groups is 1. The molecule has 6 heteroatoms. The largest absolute Gasteiger partial charge is 0.354 e. The molecule has 0 aromatic heterocycles. The second-order valence-electron chi connectivity index (χ2n) is 6.58. The number of likely N-dealkylation sites (tertiary alicyclic amines) is 1. The predicted octanol–water partition coefficient (Wildman–Crippen LogP) is 2.49. The number of carbonyl (C=O) groups excluding carboxylic acids is 1. The Labute approximate surface area is 146 Å². The SMILES string of the molecule is CN=C(NCCNC(=O)c1cccc(Br)c1)N1CCC(C)(C)C1. The number of carbonyl (C=O) groups is 1. The topological polar surface area (TPSA) is 56.7 Å².